The maximum absolute atomic E-state index is 12.6. The predicted molar refractivity (Wildman–Crippen MR) is 97.6 cm³/mol. The lowest BCUT2D eigenvalue weighted by Crippen LogP contribution is -2.27. The van der Waals surface area contributed by atoms with Crippen molar-refractivity contribution in [2.24, 2.45) is 5.18 Å². The average molecular weight is 391 g/mol. The van der Waals surface area contributed by atoms with Gasteiger partial charge in [-0.3, -0.25) is 0 Å². The fraction of sp³-hybridized carbons (Fsp3) is 0.263. The van der Waals surface area contributed by atoms with E-state index in [1.165, 1.54) is 18.2 Å². The van der Waals surface area contributed by atoms with Crippen molar-refractivity contribution in [2.75, 3.05) is 13.6 Å². The number of ether oxygens (including phenoxy) is 1. The lowest BCUT2D eigenvalue weighted by atomic mass is 9.88. The number of nitrogens with one attached hydrogen (secondary N) is 1. The van der Waals surface area contributed by atoms with Crippen LogP contribution in [0.5, 0.6) is 11.6 Å². The third-order valence-electron chi connectivity index (χ3n) is 4.91. The van der Waals surface area contributed by atoms with Gasteiger partial charge in [0.1, 0.15) is 5.75 Å². The highest BCUT2D eigenvalue weighted by atomic mass is 19.4. The van der Waals surface area contributed by atoms with Gasteiger partial charge in [0.05, 0.1) is 5.52 Å². The summed E-state index contributed by atoms with van der Waals surface area (Å²) in [5, 5.41) is 13.4. The molecule has 0 amide bonds. The van der Waals surface area contributed by atoms with Crippen molar-refractivity contribution in [1.29, 1.82) is 0 Å². The molecule has 0 radical (unpaired) electrons. The minimum absolute atomic E-state index is 0.116. The van der Waals surface area contributed by atoms with E-state index in [2.05, 4.69) is 19.8 Å². The number of halogens is 3. The van der Waals surface area contributed by atoms with Crippen LogP contribution in [-0.4, -0.2) is 34.9 Å². The molecule has 9 heteroatoms. The van der Waals surface area contributed by atoms with Gasteiger partial charge in [-0.1, -0.05) is 12.1 Å². The summed E-state index contributed by atoms with van der Waals surface area (Å²) in [5.74, 6) is -0.649. The lowest BCUT2D eigenvalue weighted by Gasteiger charge is -2.27. The van der Waals surface area contributed by atoms with Crippen LogP contribution in [0.4, 0.5) is 18.9 Å². The van der Waals surface area contributed by atoms with E-state index in [1.807, 2.05) is 7.05 Å². The maximum atomic E-state index is 12.6. The summed E-state index contributed by atoms with van der Waals surface area (Å²) in [6.45, 7) is 1.34. The maximum Gasteiger partial charge on any atom is 0.573 e. The molecule has 0 atom stereocenters. The van der Waals surface area contributed by atoms with Crippen LogP contribution < -0.4 is 4.74 Å². The number of rotatable bonds is 3. The molecular weight excluding hydrogens is 375 g/mol. The number of H-pyrrole nitrogens is 1. The SMILES string of the molecule is CN1CCc2c(-c3cccc(OC(F)(F)F)c3)cc3c(N=O)c(O)[nH]c3c2C1. The Labute approximate surface area is 157 Å². The van der Waals surface area contributed by atoms with Crippen molar-refractivity contribution in [1.82, 2.24) is 9.88 Å². The number of fused-ring (bicyclic) bond motifs is 3. The Morgan fingerprint density at radius 3 is 2.75 bits per heavy atom. The Morgan fingerprint density at radius 2 is 2.04 bits per heavy atom. The van der Waals surface area contributed by atoms with Crippen LogP contribution in [0.25, 0.3) is 22.0 Å². The van der Waals surface area contributed by atoms with Gasteiger partial charge in [-0.25, -0.2) is 0 Å². The largest absolute Gasteiger partial charge is 0.573 e. The topological polar surface area (TPSA) is 77.9 Å². The van der Waals surface area contributed by atoms with Gasteiger partial charge in [-0.2, -0.15) is 0 Å². The van der Waals surface area contributed by atoms with Crippen molar-refractivity contribution in [3.8, 4) is 22.8 Å². The molecule has 1 aromatic heterocycles. The molecule has 0 fully saturated rings. The highest BCUT2D eigenvalue weighted by Gasteiger charge is 2.31. The molecule has 0 saturated heterocycles. The number of likely N-dealkylation sites (N-methyl/N-ethyl adjacent to an activating group) is 1. The van der Waals surface area contributed by atoms with E-state index in [0.29, 0.717) is 35.0 Å². The van der Waals surface area contributed by atoms with Gasteiger partial charge in [-0.15, -0.1) is 18.1 Å². The quantitative estimate of drug-likeness (QED) is 0.627. The van der Waals surface area contributed by atoms with E-state index >= 15 is 0 Å². The standard InChI is InChI=1S/C19H16F3N3O3/c1-25-6-5-12-13(10-3-2-4-11(7-10)28-19(20,21)22)8-14-16(15(12)9-25)23-18(26)17(14)24-27/h2-4,7-8,23,26H,5-6,9H2,1H3. The van der Waals surface area contributed by atoms with Crippen molar-refractivity contribution >= 4 is 16.6 Å². The van der Waals surface area contributed by atoms with Crippen molar-refractivity contribution in [2.45, 2.75) is 19.3 Å². The molecule has 28 heavy (non-hydrogen) atoms. The number of nitroso groups, excluding NO2 is 1. The monoisotopic (exact) mass is 391 g/mol. The Morgan fingerprint density at radius 1 is 1.25 bits per heavy atom. The number of hydrogen-bond donors (Lipinski definition) is 2. The summed E-state index contributed by atoms with van der Waals surface area (Å²) in [6.07, 6.45) is -4.11. The number of aromatic nitrogens is 1. The van der Waals surface area contributed by atoms with Crippen molar-refractivity contribution in [3.05, 3.63) is 46.4 Å². The summed E-state index contributed by atoms with van der Waals surface area (Å²) in [5.41, 5.74) is 3.55. The van der Waals surface area contributed by atoms with Crippen LogP contribution in [0.3, 0.4) is 0 Å². The van der Waals surface area contributed by atoms with Gasteiger partial charge >= 0.3 is 6.36 Å². The lowest BCUT2D eigenvalue weighted by molar-refractivity contribution is -0.274. The Kier molecular flexibility index (Phi) is 4.26. The van der Waals surface area contributed by atoms with Crippen LogP contribution in [0.2, 0.25) is 0 Å². The van der Waals surface area contributed by atoms with E-state index in [-0.39, 0.29) is 17.3 Å². The molecule has 0 saturated carbocycles. The zero-order valence-electron chi connectivity index (χ0n) is 14.8. The first-order valence-corrected chi connectivity index (χ1v) is 8.54. The minimum atomic E-state index is -4.79. The van der Waals surface area contributed by atoms with Gasteiger partial charge in [0.2, 0.25) is 5.88 Å². The number of benzene rings is 2. The Hall–Kier alpha value is -3.07. The third-order valence-corrected chi connectivity index (χ3v) is 4.91. The average Bonchev–Trinajstić information content (AvgIpc) is 2.95. The van der Waals surface area contributed by atoms with Crippen molar-refractivity contribution < 1.29 is 23.0 Å². The summed E-state index contributed by atoms with van der Waals surface area (Å²) in [7, 11) is 1.95. The third kappa shape index (κ3) is 3.18. The van der Waals surface area contributed by atoms with Crippen LogP contribution in [0.15, 0.2) is 35.5 Å². The summed E-state index contributed by atoms with van der Waals surface area (Å²) >= 11 is 0. The zero-order valence-corrected chi connectivity index (χ0v) is 14.8. The predicted octanol–water partition coefficient (Wildman–Crippen LogP) is 4.82. The second-order valence-corrected chi connectivity index (χ2v) is 6.78. The van der Waals surface area contributed by atoms with Crippen LogP contribution in [0.1, 0.15) is 11.1 Å². The first kappa shape index (κ1) is 18.3. The van der Waals surface area contributed by atoms with Crippen LogP contribution >= 0.6 is 0 Å². The molecule has 1 aliphatic heterocycles. The van der Waals surface area contributed by atoms with E-state index < -0.39 is 6.36 Å². The van der Waals surface area contributed by atoms with Crippen LogP contribution in [0, 0.1) is 4.91 Å². The minimum Gasteiger partial charge on any atom is -0.493 e. The van der Waals surface area contributed by atoms with E-state index in [0.717, 1.165) is 17.7 Å². The molecule has 2 heterocycles. The van der Waals surface area contributed by atoms with Gasteiger partial charge in [0.15, 0.2) is 5.69 Å². The van der Waals surface area contributed by atoms with Gasteiger partial charge in [-0.05, 0) is 59.1 Å². The summed E-state index contributed by atoms with van der Waals surface area (Å²) in [4.78, 5) is 16.1. The highest BCUT2D eigenvalue weighted by Crippen LogP contribution is 2.43. The molecule has 2 N–H and O–H groups in total. The molecule has 0 aliphatic carbocycles. The van der Waals surface area contributed by atoms with Crippen molar-refractivity contribution in [3.63, 3.8) is 0 Å². The second kappa shape index (κ2) is 6.52. The van der Waals surface area contributed by atoms with E-state index in [9.17, 15) is 23.2 Å². The Bertz CT molecular complexity index is 1080. The number of nitrogens with zero attached hydrogens (tertiary/aromatic N) is 2. The highest BCUT2D eigenvalue weighted by molar-refractivity contribution is 6.00. The number of aromatic amines is 1. The normalized spacial score (nSPS) is 14.9. The molecule has 2 aromatic carbocycles. The van der Waals surface area contributed by atoms with Gasteiger partial charge in [0, 0.05) is 18.5 Å². The van der Waals surface area contributed by atoms with E-state index in [4.69, 9.17) is 0 Å². The molecule has 0 bridgehead atoms. The number of hydrogen-bond acceptors (Lipinski definition) is 5. The number of alkyl halides is 3. The summed E-state index contributed by atoms with van der Waals surface area (Å²) < 4.78 is 41.8. The zero-order chi connectivity index (χ0) is 20.1. The molecule has 4 rings (SSSR count). The molecule has 3 aromatic rings. The smallest absolute Gasteiger partial charge is 0.493 e. The molecule has 146 valence electrons. The van der Waals surface area contributed by atoms with E-state index in [1.54, 1.807) is 12.1 Å². The first-order valence-electron chi connectivity index (χ1n) is 8.54. The molecular formula is C19H16F3N3O3. The summed E-state index contributed by atoms with van der Waals surface area (Å²) in [6, 6.07) is 7.39. The van der Waals surface area contributed by atoms with Gasteiger partial charge in [0.25, 0.3) is 0 Å². The first-order chi connectivity index (χ1) is 13.3. The fourth-order valence-corrected chi connectivity index (χ4v) is 3.74. The molecule has 6 nitrogen and oxygen atoms in total. The molecule has 1 aliphatic rings. The molecule has 0 spiro atoms. The van der Waals surface area contributed by atoms with Crippen LogP contribution in [-0.2, 0) is 13.0 Å². The molecule has 0 unspecified atom stereocenters. The second-order valence-electron chi connectivity index (χ2n) is 6.78. The number of aromatic hydroxyl groups is 1. The van der Waals surface area contributed by atoms with Gasteiger partial charge < -0.3 is 19.7 Å². The fourth-order valence-electron chi connectivity index (χ4n) is 3.74. The Balaban J connectivity index is 1.95.